The van der Waals surface area contributed by atoms with Gasteiger partial charge in [0.2, 0.25) is 0 Å². The first-order valence-electron chi connectivity index (χ1n) is 6.29. The topological polar surface area (TPSA) is 89.9 Å². The van der Waals surface area contributed by atoms with Crippen molar-refractivity contribution in [3.8, 4) is 11.4 Å². The van der Waals surface area contributed by atoms with Crippen molar-refractivity contribution < 1.29 is 4.52 Å². The summed E-state index contributed by atoms with van der Waals surface area (Å²) in [4.78, 5) is 8.96. The minimum absolute atomic E-state index is 0.512. The molecule has 0 saturated carbocycles. The fraction of sp³-hybridized carbons (Fsp3) is 0.462. The van der Waals surface area contributed by atoms with Crippen LogP contribution >= 0.6 is 0 Å². The average molecular weight is 261 g/mol. The third-order valence-corrected chi connectivity index (χ3v) is 2.80. The zero-order valence-electron chi connectivity index (χ0n) is 11.7. The van der Waals surface area contributed by atoms with E-state index in [1.54, 1.807) is 0 Å². The van der Waals surface area contributed by atoms with Crippen molar-refractivity contribution in [2.24, 2.45) is 11.8 Å². The molecule has 0 atom stereocenters. The highest BCUT2D eigenvalue weighted by molar-refractivity contribution is 5.61. The molecule has 102 valence electrons. The molecule has 0 aliphatic rings. The Morgan fingerprint density at radius 1 is 1.32 bits per heavy atom. The second-order valence-electron chi connectivity index (χ2n) is 5.01. The molecular formula is C13H19N5O. The molecule has 2 heterocycles. The number of aromatic nitrogens is 3. The van der Waals surface area contributed by atoms with Gasteiger partial charge < -0.3 is 9.95 Å². The summed E-state index contributed by atoms with van der Waals surface area (Å²) in [6, 6.07) is 1.86. The molecular weight excluding hydrogens is 242 g/mol. The standard InChI is InChI=1S/C13H19N5O/c1-7(2)5-10-6-11(17-14)16-13(15-10)12-8(3)18-19-9(12)4/h6-7H,5,14H2,1-4H3,(H,15,16,17). The number of hydrogen-bond acceptors (Lipinski definition) is 6. The van der Waals surface area contributed by atoms with E-state index in [2.05, 4.69) is 34.4 Å². The Labute approximate surface area is 112 Å². The van der Waals surface area contributed by atoms with Crippen molar-refractivity contribution in [3.05, 3.63) is 23.2 Å². The number of nitrogens with one attached hydrogen (secondary N) is 1. The molecule has 0 aliphatic heterocycles. The fourth-order valence-electron chi connectivity index (χ4n) is 2.01. The molecule has 2 aromatic heterocycles. The van der Waals surface area contributed by atoms with Gasteiger partial charge in [0.25, 0.3) is 0 Å². The quantitative estimate of drug-likeness (QED) is 0.648. The van der Waals surface area contributed by atoms with Crippen LogP contribution in [0.15, 0.2) is 10.6 Å². The smallest absolute Gasteiger partial charge is 0.167 e. The van der Waals surface area contributed by atoms with Gasteiger partial charge in [-0.15, -0.1) is 0 Å². The number of anilines is 1. The number of nitrogen functional groups attached to an aromatic ring is 1. The van der Waals surface area contributed by atoms with Gasteiger partial charge in [0.1, 0.15) is 11.6 Å². The van der Waals surface area contributed by atoms with E-state index in [0.717, 1.165) is 23.4 Å². The zero-order valence-corrected chi connectivity index (χ0v) is 11.7. The first kappa shape index (κ1) is 13.5. The van der Waals surface area contributed by atoms with Crippen LogP contribution in [0.25, 0.3) is 11.4 Å². The van der Waals surface area contributed by atoms with E-state index in [0.29, 0.717) is 23.3 Å². The number of nitrogens with zero attached hydrogens (tertiary/aromatic N) is 3. The van der Waals surface area contributed by atoms with Crippen molar-refractivity contribution in [3.63, 3.8) is 0 Å². The van der Waals surface area contributed by atoms with Crippen LogP contribution in [-0.4, -0.2) is 15.1 Å². The molecule has 0 bridgehead atoms. The Morgan fingerprint density at radius 3 is 2.58 bits per heavy atom. The predicted octanol–water partition coefficient (Wildman–Crippen LogP) is 2.23. The van der Waals surface area contributed by atoms with Gasteiger partial charge in [-0.05, 0) is 26.2 Å². The van der Waals surface area contributed by atoms with Gasteiger partial charge in [0, 0.05) is 11.8 Å². The third-order valence-electron chi connectivity index (χ3n) is 2.80. The first-order chi connectivity index (χ1) is 9.01. The molecule has 2 rings (SSSR count). The van der Waals surface area contributed by atoms with E-state index >= 15 is 0 Å². The van der Waals surface area contributed by atoms with Crippen molar-refractivity contribution >= 4 is 5.82 Å². The lowest BCUT2D eigenvalue weighted by Crippen LogP contribution is -2.11. The van der Waals surface area contributed by atoms with Gasteiger partial charge in [0.15, 0.2) is 5.82 Å². The summed E-state index contributed by atoms with van der Waals surface area (Å²) in [7, 11) is 0. The second kappa shape index (κ2) is 5.36. The average Bonchev–Trinajstić information content (AvgIpc) is 2.67. The van der Waals surface area contributed by atoms with Gasteiger partial charge in [-0.25, -0.2) is 15.8 Å². The monoisotopic (exact) mass is 261 g/mol. The summed E-state index contributed by atoms with van der Waals surface area (Å²) in [5.74, 6) is 7.89. The summed E-state index contributed by atoms with van der Waals surface area (Å²) in [6.45, 7) is 8.02. The number of hydrazine groups is 1. The van der Waals surface area contributed by atoms with Gasteiger partial charge in [-0.2, -0.15) is 0 Å². The maximum Gasteiger partial charge on any atom is 0.167 e. The number of nitrogens with two attached hydrogens (primary N) is 1. The molecule has 19 heavy (non-hydrogen) atoms. The maximum atomic E-state index is 5.47. The minimum atomic E-state index is 0.512. The Balaban J connectivity index is 2.51. The molecule has 0 spiro atoms. The molecule has 0 aliphatic carbocycles. The van der Waals surface area contributed by atoms with Crippen LogP contribution < -0.4 is 11.3 Å². The zero-order chi connectivity index (χ0) is 14.0. The van der Waals surface area contributed by atoms with Gasteiger partial charge in [-0.1, -0.05) is 19.0 Å². The van der Waals surface area contributed by atoms with Gasteiger partial charge in [-0.3, -0.25) is 0 Å². The molecule has 0 fully saturated rings. The second-order valence-corrected chi connectivity index (χ2v) is 5.01. The van der Waals surface area contributed by atoms with Crippen LogP contribution in [0.1, 0.15) is 31.0 Å². The highest BCUT2D eigenvalue weighted by atomic mass is 16.5. The van der Waals surface area contributed by atoms with E-state index in [-0.39, 0.29) is 0 Å². The van der Waals surface area contributed by atoms with Crippen molar-refractivity contribution in [2.45, 2.75) is 34.1 Å². The largest absolute Gasteiger partial charge is 0.361 e. The van der Waals surface area contributed by atoms with Crippen LogP contribution in [0.4, 0.5) is 5.82 Å². The summed E-state index contributed by atoms with van der Waals surface area (Å²) >= 11 is 0. The SMILES string of the molecule is Cc1noc(C)c1-c1nc(CC(C)C)cc(NN)n1. The molecule has 6 nitrogen and oxygen atoms in total. The van der Waals surface area contributed by atoms with Crippen LogP contribution in [0, 0.1) is 19.8 Å². The van der Waals surface area contributed by atoms with Crippen molar-refractivity contribution in [1.29, 1.82) is 0 Å². The fourth-order valence-corrected chi connectivity index (χ4v) is 2.01. The van der Waals surface area contributed by atoms with Crippen LogP contribution in [-0.2, 0) is 6.42 Å². The van der Waals surface area contributed by atoms with E-state index in [1.807, 2.05) is 19.9 Å². The lowest BCUT2D eigenvalue weighted by atomic mass is 10.1. The Hall–Kier alpha value is -1.95. The number of aryl methyl sites for hydroxylation is 2. The molecule has 0 amide bonds. The third kappa shape index (κ3) is 2.90. The van der Waals surface area contributed by atoms with Gasteiger partial charge in [0.05, 0.1) is 11.3 Å². The number of rotatable bonds is 4. The molecule has 0 radical (unpaired) electrons. The summed E-state index contributed by atoms with van der Waals surface area (Å²) in [5.41, 5.74) is 5.15. The summed E-state index contributed by atoms with van der Waals surface area (Å²) in [5, 5.41) is 3.93. The lowest BCUT2D eigenvalue weighted by Gasteiger charge is -2.09. The van der Waals surface area contributed by atoms with E-state index in [9.17, 15) is 0 Å². The Bertz CT molecular complexity index is 557. The van der Waals surface area contributed by atoms with Crippen LogP contribution in [0.2, 0.25) is 0 Å². The van der Waals surface area contributed by atoms with Gasteiger partial charge >= 0.3 is 0 Å². The molecule has 2 aromatic rings. The maximum absolute atomic E-state index is 5.47. The summed E-state index contributed by atoms with van der Waals surface area (Å²) < 4.78 is 5.16. The molecule has 0 saturated heterocycles. The summed E-state index contributed by atoms with van der Waals surface area (Å²) in [6.07, 6.45) is 0.869. The molecule has 0 aromatic carbocycles. The van der Waals surface area contributed by atoms with Crippen LogP contribution in [0.5, 0.6) is 0 Å². The highest BCUT2D eigenvalue weighted by Gasteiger charge is 2.16. The molecule has 3 N–H and O–H groups in total. The Kier molecular flexibility index (Phi) is 3.80. The Morgan fingerprint density at radius 2 is 2.05 bits per heavy atom. The lowest BCUT2D eigenvalue weighted by molar-refractivity contribution is 0.393. The predicted molar refractivity (Wildman–Crippen MR) is 73.4 cm³/mol. The van der Waals surface area contributed by atoms with Crippen LogP contribution in [0.3, 0.4) is 0 Å². The minimum Gasteiger partial charge on any atom is -0.361 e. The van der Waals surface area contributed by atoms with E-state index in [1.165, 1.54) is 0 Å². The molecule has 0 unspecified atom stereocenters. The normalized spacial score (nSPS) is 11.1. The number of hydrogen-bond donors (Lipinski definition) is 2. The van der Waals surface area contributed by atoms with E-state index < -0.39 is 0 Å². The van der Waals surface area contributed by atoms with Crippen molar-refractivity contribution in [1.82, 2.24) is 15.1 Å². The highest BCUT2D eigenvalue weighted by Crippen LogP contribution is 2.25. The van der Waals surface area contributed by atoms with Crippen molar-refractivity contribution in [2.75, 3.05) is 5.43 Å². The van der Waals surface area contributed by atoms with E-state index in [4.69, 9.17) is 10.4 Å². The molecule has 6 heteroatoms. The first-order valence-corrected chi connectivity index (χ1v) is 6.29.